The van der Waals surface area contributed by atoms with Crippen molar-refractivity contribution in [1.82, 2.24) is 19.4 Å². The molecule has 0 bridgehead atoms. The summed E-state index contributed by atoms with van der Waals surface area (Å²) in [5.74, 6) is 0.555. The Balaban J connectivity index is 1.97. The number of likely N-dealkylation sites (N-methyl/N-ethyl adjacent to an activating group) is 1. The highest BCUT2D eigenvalue weighted by atomic mass is 19.1. The number of hydrogen-bond donors (Lipinski definition) is 0. The molecule has 0 spiro atoms. The minimum atomic E-state index is -0.271. The Hall–Kier alpha value is -2.79. The third kappa shape index (κ3) is 2.87. The first-order valence-electron chi connectivity index (χ1n) is 8.28. The van der Waals surface area contributed by atoms with Gasteiger partial charge in [-0.2, -0.15) is 0 Å². The van der Waals surface area contributed by atoms with Gasteiger partial charge in [0.25, 0.3) is 0 Å². The van der Waals surface area contributed by atoms with Gasteiger partial charge in [-0.25, -0.2) is 9.37 Å². The molecule has 4 nitrogen and oxygen atoms in total. The number of halogens is 1. The molecule has 0 aliphatic carbocycles. The topological polar surface area (TPSA) is 34.0 Å². The van der Waals surface area contributed by atoms with Gasteiger partial charge in [0.05, 0.1) is 16.6 Å². The lowest BCUT2D eigenvalue weighted by Gasteiger charge is -2.14. The Bertz CT molecular complexity index is 1050. The highest BCUT2D eigenvalue weighted by Gasteiger charge is 2.16. The average Bonchev–Trinajstić information content (AvgIpc) is 2.96. The Morgan fingerprint density at radius 3 is 2.76 bits per heavy atom. The molecule has 25 heavy (non-hydrogen) atoms. The molecule has 4 aromatic rings. The number of imidazole rings is 1. The Labute approximate surface area is 145 Å². The van der Waals surface area contributed by atoms with Gasteiger partial charge in [0.1, 0.15) is 11.6 Å². The van der Waals surface area contributed by atoms with Gasteiger partial charge in [-0.15, -0.1) is 0 Å². The zero-order valence-electron chi connectivity index (χ0n) is 14.3. The maximum atomic E-state index is 13.7. The number of fused-ring (bicyclic) bond motifs is 2. The van der Waals surface area contributed by atoms with Crippen LogP contribution in [-0.4, -0.2) is 40.1 Å². The fourth-order valence-electron chi connectivity index (χ4n) is 3.12. The third-order valence-electron chi connectivity index (χ3n) is 4.35. The molecule has 2 aromatic carbocycles. The van der Waals surface area contributed by atoms with Crippen LogP contribution in [0.25, 0.3) is 33.3 Å². The van der Waals surface area contributed by atoms with Crippen LogP contribution in [-0.2, 0) is 6.54 Å². The predicted molar refractivity (Wildman–Crippen MR) is 99.0 cm³/mol. The second-order valence-corrected chi connectivity index (χ2v) is 6.40. The monoisotopic (exact) mass is 334 g/mol. The van der Waals surface area contributed by atoms with Crippen molar-refractivity contribution in [2.75, 3.05) is 20.6 Å². The molecule has 2 aromatic heterocycles. The number of hydrogen-bond acceptors (Lipinski definition) is 3. The average molecular weight is 334 g/mol. The van der Waals surface area contributed by atoms with Crippen LogP contribution in [0.15, 0.2) is 54.7 Å². The third-order valence-corrected chi connectivity index (χ3v) is 4.35. The van der Waals surface area contributed by atoms with Crippen molar-refractivity contribution in [3.05, 3.63) is 60.5 Å². The van der Waals surface area contributed by atoms with Gasteiger partial charge in [-0.05, 0) is 38.4 Å². The van der Waals surface area contributed by atoms with E-state index in [0.717, 1.165) is 40.9 Å². The first kappa shape index (κ1) is 15.7. The maximum Gasteiger partial charge on any atom is 0.143 e. The minimum absolute atomic E-state index is 0.271. The summed E-state index contributed by atoms with van der Waals surface area (Å²) in [4.78, 5) is 11.4. The molecule has 0 saturated heterocycles. The van der Waals surface area contributed by atoms with Crippen LogP contribution in [0.2, 0.25) is 0 Å². The second kappa shape index (κ2) is 6.26. The van der Waals surface area contributed by atoms with Crippen molar-refractivity contribution >= 4 is 21.9 Å². The maximum absolute atomic E-state index is 13.7. The van der Waals surface area contributed by atoms with Crippen LogP contribution in [0.1, 0.15) is 0 Å². The number of pyridine rings is 1. The van der Waals surface area contributed by atoms with Gasteiger partial charge in [0.15, 0.2) is 0 Å². The van der Waals surface area contributed by atoms with E-state index in [2.05, 4.69) is 14.5 Å². The zero-order chi connectivity index (χ0) is 17.4. The highest BCUT2D eigenvalue weighted by molar-refractivity contribution is 5.94. The molecule has 0 atom stereocenters. The molecule has 0 N–H and O–H groups in total. The minimum Gasteiger partial charge on any atom is -0.323 e. The Morgan fingerprint density at radius 2 is 1.92 bits per heavy atom. The van der Waals surface area contributed by atoms with Crippen molar-refractivity contribution in [2.45, 2.75) is 6.54 Å². The first-order valence-corrected chi connectivity index (χ1v) is 8.28. The van der Waals surface area contributed by atoms with Gasteiger partial charge >= 0.3 is 0 Å². The molecule has 0 fully saturated rings. The van der Waals surface area contributed by atoms with E-state index < -0.39 is 0 Å². The summed E-state index contributed by atoms with van der Waals surface area (Å²) in [7, 11) is 4.08. The summed E-state index contributed by atoms with van der Waals surface area (Å²) < 4.78 is 15.8. The molecule has 0 saturated carbocycles. The summed E-state index contributed by atoms with van der Waals surface area (Å²) in [5, 5.41) is 1.07. The highest BCUT2D eigenvalue weighted by Crippen LogP contribution is 2.30. The van der Waals surface area contributed by atoms with Gasteiger partial charge in [-0.1, -0.05) is 18.2 Å². The lowest BCUT2D eigenvalue weighted by molar-refractivity contribution is 0.387. The van der Waals surface area contributed by atoms with Crippen LogP contribution in [0.4, 0.5) is 4.39 Å². The number of aromatic nitrogens is 3. The van der Waals surface area contributed by atoms with E-state index in [-0.39, 0.29) is 5.82 Å². The van der Waals surface area contributed by atoms with Crippen molar-refractivity contribution in [3.63, 3.8) is 0 Å². The van der Waals surface area contributed by atoms with Gasteiger partial charge in [-0.3, -0.25) is 4.98 Å². The van der Waals surface area contributed by atoms with E-state index in [4.69, 9.17) is 4.98 Å². The van der Waals surface area contributed by atoms with Crippen molar-refractivity contribution in [1.29, 1.82) is 0 Å². The molecule has 5 heteroatoms. The van der Waals surface area contributed by atoms with Crippen LogP contribution < -0.4 is 0 Å². The summed E-state index contributed by atoms with van der Waals surface area (Å²) in [6.07, 6.45) is 1.79. The van der Waals surface area contributed by atoms with Crippen LogP contribution in [0.5, 0.6) is 0 Å². The van der Waals surface area contributed by atoms with Crippen LogP contribution >= 0.6 is 0 Å². The molecule has 2 heterocycles. The molecule has 0 aliphatic heterocycles. The second-order valence-electron chi connectivity index (χ2n) is 6.40. The van der Waals surface area contributed by atoms with Crippen molar-refractivity contribution < 1.29 is 4.39 Å². The van der Waals surface area contributed by atoms with Crippen LogP contribution in [0.3, 0.4) is 0 Å². The lowest BCUT2D eigenvalue weighted by atomic mass is 10.1. The quantitative estimate of drug-likeness (QED) is 0.567. The Morgan fingerprint density at radius 1 is 1.08 bits per heavy atom. The largest absolute Gasteiger partial charge is 0.323 e. The van der Waals surface area contributed by atoms with Crippen molar-refractivity contribution in [3.8, 4) is 11.4 Å². The lowest BCUT2D eigenvalue weighted by Crippen LogP contribution is -2.18. The molecule has 126 valence electrons. The molecular weight excluding hydrogens is 315 g/mol. The fraction of sp³-hybridized carbons (Fsp3) is 0.200. The number of para-hydroxylation sites is 1. The fourth-order valence-corrected chi connectivity index (χ4v) is 3.12. The molecule has 0 aliphatic rings. The molecule has 0 radical (unpaired) electrons. The van der Waals surface area contributed by atoms with Crippen LogP contribution in [0, 0.1) is 5.82 Å². The summed E-state index contributed by atoms with van der Waals surface area (Å²) in [6, 6.07) is 14.8. The van der Waals surface area contributed by atoms with E-state index in [1.54, 1.807) is 12.3 Å². The zero-order valence-corrected chi connectivity index (χ0v) is 14.3. The summed E-state index contributed by atoms with van der Waals surface area (Å²) in [6.45, 7) is 1.64. The standard InChI is InChI=1S/C20H19FN4/c1-24(2)11-12-25-18-9-8-15(21)13-17(18)23-20(25)16-7-3-5-14-6-4-10-22-19(14)16/h3-10,13H,11-12H2,1-2H3. The number of benzene rings is 2. The van der Waals surface area contributed by atoms with E-state index in [0.29, 0.717) is 5.52 Å². The molecule has 4 rings (SSSR count). The smallest absolute Gasteiger partial charge is 0.143 e. The van der Waals surface area contributed by atoms with Gasteiger partial charge in [0, 0.05) is 36.3 Å². The number of rotatable bonds is 4. The predicted octanol–water partition coefficient (Wildman–Crippen LogP) is 3.95. The Kier molecular flexibility index (Phi) is 3.93. The molecule has 0 unspecified atom stereocenters. The summed E-state index contributed by atoms with van der Waals surface area (Å²) in [5.41, 5.74) is 3.48. The van der Waals surface area contributed by atoms with Gasteiger partial charge in [0.2, 0.25) is 0 Å². The van der Waals surface area contributed by atoms with Gasteiger partial charge < -0.3 is 9.47 Å². The van der Waals surface area contributed by atoms with E-state index in [1.165, 1.54) is 12.1 Å². The van der Waals surface area contributed by atoms with E-state index in [1.807, 2.05) is 44.4 Å². The van der Waals surface area contributed by atoms with Crippen molar-refractivity contribution in [2.24, 2.45) is 0 Å². The molecular formula is C20H19FN4. The first-order chi connectivity index (χ1) is 12.1. The normalized spacial score (nSPS) is 11.7. The molecule has 0 amide bonds. The number of nitrogens with zero attached hydrogens (tertiary/aromatic N) is 4. The van der Waals surface area contributed by atoms with E-state index in [9.17, 15) is 4.39 Å². The van der Waals surface area contributed by atoms with E-state index >= 15 is 0 Å². The SMILES string of the molecule is CN(C)CCn1c(-c2cccc3cccnc23)nc2cc(F)ccc21. The summed E-state index contributed by atoms with van der Waals surface area (Å²) >= 11 is 0.